The number of thioether (sulfide) groups is 1. The lowest BCUT2D eigenvalue weighted by Crippen LogP contribution is -2.03. The molecule has 0 saturated carbocycles. The number of para-hydroxylation sites is 1. The number of halogens is 1. The van der Waals surface area contributed by atoms with E-state index in [-0.39, 0.29) is 11.7 Å². The number of rotatable bonds is 3. The van der Waals surface area contributed by atoms with Gasteiger partial charge in [-0.3, -0.25) is 4.79 Å². The molecule has 1 N–H and O–H groups in total. The minimum Gasteiger partial charge on any atom is -0.321 e. The topological polar surface area (TPSA) is 29.1 Å². The summed E-state index contributed by atoms with van der Waals surface area (Å²) in [6.45, 7) is 0. The molecule has 2 aromatic carbocycles. The minimum atomic E-state index is -0.236. The number of carbonyl (C=O) groups excluding carboxylic acids is 1. The Morgan fingerprint density at radius 1 is 1.15 bits per heavy atom. The van der Waals surface area contributed by atoms with Crippen LogP contribution in [0.1, 0.15) is 11.1 Å². The lowest BCUT2D eigenvalue weighted by Gasteiger charge is -2.00. The van der Waals surface area contributed by atoms with Crippen LogP contribution in [-0.4, -0.2) is 5.91 Å². The summed E-state index contributed by atoms with van der Waals surface area (Å²) < 4.78 is 13.1. The van der Waals surface area contributed by atoms with Crippen LogP contribution >= 0.6 is 11.8 Å². The van der Waals surface area contributed by atoms with E-state index in [1.807, 2.05) is 35.7 Å². The van der Waals surface area contributed by atoms with Crippen molar-refractivity contribution in [3.63, 3.8) is 0 Å². The lowest BCUT2D eigenvalue weighted by molar-refractivity contribution is -0.110. The number of hydrogen-bond acceptors (Lipinski definition) is 2. The molecule has 0 atom stereocenters. The zero-order chi connectivity index (χ0) is 13.9. The highest BCUT2D eigenvalue weighted by Gasteiger charge is 2.22. The van der Waals surface area contributed by atoms with Crippen LogP contribution in [0.4, 0.5) is 10.1 Å². The third-order valence-corrected chi connectivity index (χ3v) is 3.95. The predicted molar refractivity (Wildman–Crippen MR) is 80.7 cm³/mol. The van der Waals surface area contributed by atoms with Gasteiger partial charge < -0.3 is 5.32 Å². The first-order valence-corrected chi connectivity index (χ1v) is 7.26. The Labute approximate surface area is 120 Å². The maximum Gasteiger partial charge on any atom is 0.256 e. The van der Waals surface area contributed by atoms with Crippen molar-refractivity contribution in [2.24, 2.45) is 0 Å². The van der Waals surface area contributed by atoms with E-state index >= 15 is 0 Å². The largest absolute Gasteiger partial charge is 0.321 e. The van der Waals surface area contributed by atoms with Gasteiger partial charge in [-0.15, -0.1) is 11.8 Å². The van der Waals surface area contributed by atoms with Gasteiger partial charge >= 0.3 is 0 Å². The Hall–Kier alpha value is -2.07. The minimum absolute atomic E-state index is 0.0852. The molecule has 0 unspecified atom stereocenters. The fourth-order valence-corrected chi connectivity index (χ4v) is 2.96. The summed E-state index contributed by atoms with van der Waals surface area (Å²) in [6, 6.07) is 14.1. The second-order valence-electron chi connectivity index (χ2n) is 4.47. The van der Waals surface area contributed by atoms with E-state index in [1.54, 1.807) is 6.07 Å². The van der Waals surface area contributed by atoms with Gasteiger partial charge in [-0.1, -0.05) is 30.3 Å². The van der Waals surface area contributed by atoms with Crippen molar-refractivity contribution in [2.45, 2.75) is 5.75 Å². The van der Waals surface area contributed by atoms with E-state index in [9.17, 15) is 9.18 Å². The molecule has 0 spiro atoms. The van der Waals surface area contributed by atoms with Crippen molar-refractivity contribution in [1.29, 1.82) is 0 Å². The van der Waals surface area contributed by atoms with Crippen LogP contribution in [0, 0.1) is 5.82 Å². The summed E-state index contributed by atoms with van der Waals surface area (Å²) in [6.07, 6.45) is 0. The van der Waals surface area contributed by atoms with E-state index in [0.717, 1.165) is 16.8 Å². The van der Waals surface area contributed by atoms with Crippen molar-refractivity contribution in [2.75, 3.05) is 5.32 Å². The molecule has 1 aliphatic rings. The molecule has 100 valence electrons. The van der Waals surface area contributed by atoms with Gasteiger partial charge in [-0.25, -0.2) is 4.39 Å². The SMILES string of the molecule is O=C1Nc2ccccc2C1=CSCc1cccc(F)c1. The Kier molecular flexibility index (Phi) is 3.56. The summed E-state index contributed by atoms with van der Waals surface area (Å²) in [4.78, 5) is 11.9. The highest BCUT2D eigenvalue weighted by atomic mass is 32.2. The van der Waals surface area contributed by atoms with Crippen molar-refractivity contribution in [1.82, 2.24) is 0 Å². The van der Waals surface area contributed by atoms with E-state index in [2.05, 4.69) is 5.32 Å². The Morgan fingerprint density at radius 3 is 2.85 bits per heavy atom. The van der Waals surface area contributed by atoms with Crippen LogP contribution in [0.2, 0.25) is 0 Å². The first-order chi connectivity index (χ1) is 9.74. The summed E-state index contributed by atoms with van der Waals surface area (Å²) in [5.41, 5.74) is 3.33. The van der Waals surface area contributed by atoms with Crippen molar-refractivity contribution in [3.8, 4) is 0 Å². The maximum atomic E-state index is 13.1. The third kappa shape index (κ3) is 2.60. The second-order valence-corrected chi connectivity index (χ2v) is 5.33. The molecule has 0 aliphatic carbocycles. The number of hydrogen-bond donors (Lipinski definition) is 1. The van der Waals surface area contributed by atoms with Crippen LogP contribution in [0.15, 0.2) is 53.9 Å². The Morgan fingerprint density at radius 2 is 2.00 bits per heavy atom. The normalized spacial score (nSPS) is 15.2. The fraction of sp³-hybridized carbons (Fsp3) is 0.0625. The van der Waals surface area contributed by atoms with Crippen LogP contribution in [0.25, 0.3) is 5.57 Å². The first kappa shape index (κ1) is 12.9. The molecular formula is C16H12FNOS. The molecule has 3 rings (SSSR count). The van der Waals surface area contributed by atoms with Crippen LogP contribution in [0.5, 0.6) is 0 Å². The molecule has 0 bridgehead atoms. The molecule has 1 heterocycles. The van der Waals surface area contributed by atoms with E-state index < -0.39 is 0 Å². The lowest BCUT2D eigenvalue weighted by atomic mass is 10.1. The van der Waals surface area contributed by atoms with Crippen molar-refractivity contribution >= 4 is 28.9 Å². The van der Waals surface area contributed by atoms with Gasteiger partial charge in [0.15, 0.2) is 0 Å². The average Bonchev–Trinajstić information content (AvgIpc) is 2.75. The third-order valence-electron chi connectivity index (χ3n) is 3.05. The van der Waals surface area contributed by atoms with Gasteiger partial charge in [0.2, 0.25) is 0 Å². The van der Waals surface area contributed by atoms with Crippen molar-refractivity contribution in [3.05, 3.63) is 70.9 Å². The number of anilines is 1. The van der Waals surface area contributed by atoms with E-state index in [1.165, 1.54) is 23.9 Å². The molecule has 0 aromatic heterocycles. The van der Waals surface area contributed by atoms with E-state index in [4.69, 9.17) is 0 Å². The standard InChI is InChI=1S/C16H12FNOS/c17-12-5-3-4-11(8-12)9-20-10-14-13-6-1-2-7-15(13)18-16(14)19/h1-8,10H,9H2,(H,18,19). The molecule has 0 saturated heterocycles. The van der Waals surface area contributed by atoms with Gasteiger partial charge in [-0.2, -0.15) is 0 Å². The Balaban J connectivity index is 1.75. The fourth-order valence-electron chi connectivity index (χ4n) is 2.10. The highest BCUT2D eigenvalue weighted by Crippen LogP contribution is 2.33. The zero-order valence-corrected chi connectivity index (χ0v) is 11.4. The molecular weight excluding hydrogens is 273 g/mol. The molecule has 20 heavy (non-hydrogen) atoms. The summed E-state index contributed by atoms with van der Waals surface area (Å²) >= 11 is 1.49. The van der Waals surface area contributed by atoms with Gasteiger partial charge in [0.05, 0.1) is 5.57 Å². The monoisotopic (exact) mass is 285 g/mol. The number of nitrogens with one attached hydrogen (secondary N) is 1. The molecule has 0 radical (unpaired) electrons. The molecule has 1 amide bonds. The van der Waals surface area contributed by atoms with Crippen LogP contribution in [-0.2, 0) is 10.5 Å². The molecule has 2 aromatic rings. The zero-order valence-electron chi connectivity index (χ0n) is 10.6. The Bertz CT molecular complexity index is 696. The smallest absolute Gasteiger partial charge is 0.256 e. The molecule has 0 fully saturated rings. The number of fused-ring (bicyclic) bond motifs is 1. The van der Waals surface area contributed by atoms with Gasteiger partial charge in [0.25, 0.3) is 5.91 Å². The first-order valence-electron chi connectivity index (χ1n) is 6.21. The predicted octanol–water partition coefficient (Wildman–Crippen LogP) is 4.05. The number of benzene rings is 2. The molecule has 2 nitrogen and oxygen atoms in total. The number of amides is 1. The van der Waals surface area contributed by atoms with E-state index in [0.29, 0.717) is 11.3 Å². The second kappa shape index (κ2) is 5.51. The summed E-state index contributed by atoms with van der Waals surface area (Å²) in [5, 5.41) is 4.66. The van der Waals surface area contributed by atoms with Gasteiger partial charge in [-0.05, 0) is 29.2 Å². The van der Waals surface area contributed by atoms with Crippen molar-refractivity contribution < 1.29 is 9.18 Å². The summed E-state index contributed by atoms with van der Waals surface area (Å²) in [5.74, 6) is 0.314. The number of carbonyl (C=O) groups is 1. The molecule has 1 aliphatic heterocycles. The van der Waals surface area contributed by atoms with Gasteiger partial charge in [0, 0.05) is 17.0 Å². The van der Waals surface area contributed by atoms with Crippen LogP contribution < -0.4 is 5.32 Å². The quantitative estimate of drug-likeness (QED) is 0.862. The van der Waals surface area contributed by atoms with Gasteiger partial charge in [0.1, 0.15) is 5.82 Å². The summed E-state index contributed by atoms with van der Waals surface area (Å²) in [7, 11) is 0. The highest BCUT2D eigenvalue weighted by molar-refractivity contribution is 8.01. The maximum absolute atomic E-state index is 13.1. The average molecular weight is 285 g/mol. The van der Waals surface area contributed by atoms with Crippen LogP contribution in [0.3, 0.4) is 0 Å². The molecule has 4 heteroatoms.